The van der Waals surface area contributed by atoms with Gasteiger partial charge in [0.05, 0.1) is 13.2 Å². The fourth-order valence-electron chi connectivity index (χ4n) is 1.88. The highest BCUT2D eigenvalue weighted by Gasteiger charge is 2.16. The quantitative estimate of drug-likeness (QED) is 0.612. The lowest BCUT2D eigenvalue weighted by atomic mass is 10.2. The first-order chi connectivity index (χ1) is 9.24. The van der Waals surface area contributed by atoms with Crippen LogP contribution in [0.25, 0.3) is 0 Å². The Bertz CT molecular complexity index is 406. The van der Waals surface area contributed by atoms with Crippen LogP contribution in [-0.4, -0.2) is 48.4 Å². The third-order valence-electron chi connectivity index (χ3n) is 2.80. The van der Waals surface area contributed by atoms with Gasteiger partial charge in [-0.2, -0.15) is 0 Å². The number of aromatic nitrogens is 2. The average molecular weight is 285 g/mol. The maximum atomic E-state index is 11.7. The van der Waals surface area contributed by atoms with Crippen molar-refractivity contribution in [3.05, 3.63) is 5.01 Å². The van der Waals surface area contributed by atoms with Gasteiger partial charge < -0.3 is 21.1 Å². The van der Waals surface area contributed by atoms with Gasteiger partial charge in [-0.3, -0.25) is 4.79 Å². The zero-order valence-electron chi connectivity index (χ0n) is 10.7. The minimum atomic E-state index is 0.0553. The predicted molar refractivity (Wildman–Crippen MR) is 72.9 cm³/mol. The van der Waals surface area contributed by atoms with Gasteiger partial charge in [-0.05, 0) is 6.42 Å². The lowest BCUT2D eigenvalue weighted by molar-refractivity contribution is -0.122. The average Bonchev–Trinajstić information content (AvgIpc) is 2.82. The monoisotopic (exact) mass is 285 g/mol. The Hall–Kier alpha value is -1.25. The van der Waals surface area contributed by atoms with E-state index in [1.165, 1.54) is 11.3 Å². The van der Waals surface area contributed by atoms with Gasteiger partial charge in [0.15, 0.2) is 0 Å². The molecule has 1 aromatic heterocycles. The van der Waals surface area contributed by atoms with E-state index < -0.39 is 0 Å². The zero-order chi connectivity index (χ0) is 13.5. The van der Waals surface area contributed by atoms with Crippen molar-refractivity contribution in [2.45, 2.75) is 25.3 Å². The van der Waals surface area contributed by atoms with E-state index in [9.17, 15) is 4.79 Å². The van der Waals surface area contributed by atoms with Crippen molar-refractivity contribution in [1.82, 2.24) is 20.8 Å². The number of aryl methyl sites for hydroxylation is 1. The highest BCUT2D eigenvalue weighted by Crippen LogP contribution is 2.12. The Morgan fingerprint density at radius 1 is 1.58 bits per heavy atom. The summed E-state index contributed by atoms with van der Waals surface area (Å²) >= 11 is 1.39. The van der Waals surface area contributed by atoms with Crippen LogP contribution in [0.4, 0.5) is 5.13 Å². The molecule has 1 amide bonds. The second-order valence-electron chi connectivity index (χ2n) is 4.42. The third-order valence-corrected chi connectivity index (χ3v) is 3.61. The molecule has 1 atom stereocenters. The number of ether oxygens (including phenoxy) is 1. The maximum absolute atomic E-state index is 11.7. The summed E-state index contributed by atoms with van der Waals surface area (Å²) in [6.07, 6.45) is 2.10. The van der Waals surface area contributed by atoms with Crippen molar-refractivity contribution in [1.29, 1.82) is 0 Å². The molecule has 7 nitrogen and oxygen atoms in total. The molecule has 0 aliphatic carbocycles. The number of nitrogen functional groups attached to an aromatic ring is 1. The summed E-state index contributed by atoms with van der Waals surface area (Å²) in [6.45, 7) is 2.79. The number of carbonyl (C=O) groups is 1. The van der Waals surface area contributed by atoms with Gasteiger partial charge in [0.25, 0.3) is 0 Å². The Balaban J connectivity index is 1.56. The molecule has 0 radical (unpaired) electrons. The topological polar surface area (TPSA) is 102 Å². The molecule has 106 valence electrons. The van der Waals surface area contributed by atoms with E-state index in [-0.39, 0.29) is 11.9 Å². The van der Waals surface area contributed by atoms with E-state index >= 15 is 0 Å². The number of rotatable bonds is 6. The van der Waals surface area contributed by atoms with E-state index in [1.54, 1.807) is 0 Å². The minimum absolute atomic E-state index is 0.0553. The number of hydrogen-bond acceptors (Lipinski definition) is 7. The number of amides is 1. The molecule has 0 saturated carbocycles. The van der Waals surface area contributed by atoms with E-state index in [1.807, 2.05) is 0 Å². The number of morpholine rings is 1. The normalized spacial score (nSPS) is 19.3. The van der Waals surface area contributed by atoms with Crippen LogP contribution < -0.4 is 16.4 Å². The number of nitrogens with two attached hydrogens (primary N) is 1. The first-order valence-corrected chi connectivity index (χ1v) is 7.21. The van der Waals surface area contributed by atoms with E-state index in [0.29, 0.717) is 24.7 Å². The maximum Gasteiger partial charge on any atom is 0.221 e. The molecule has 4 N–H and O–H groups in total. The molecular formula is C11H19N5O2S. The molecular weight excluding hydrogens is 266 g/mol. The van der Waals surface area contributed by atoms with Crippen LogP contribution in [0.5, 0.6) is 0 Å². The molecule has 2 rings (SSSR count). The molecule has 19 heavy (non-hydrogen) atoms. The van der Waals surface area contributed by atoms with Crippen LogP contribution in [0.3, 0.4) is 0 Å². The van der Waals surface area contributed by atoms with Crippen LogP contribution in [0.2, 0.25) is 0 Å². The van der Waals surface area contributed by atoms with Gasteiger partial charge >= 0.3 is 0 Å². The van der Waals surface area contributed by atoms with Gasteiger partial charge in [-0.25, -0.2) is 0 Å². The molecule has 0 bridgehead atoms. The Morgan fingerprint density at radius 3 is 3.16 bits per heavy atom. The van der Waals surface area contributed by atoms with Gasteiger partial charge in [-0.15, -0.1) is 10.2 Å². The van der Waals surface area contributed by atoms with Gasteiger partial charge in [0.1, 0.15) is 5.01 Å². The van der Waals surface area contributed by atoms with Crippen LogP contribution >= 0.6 is 11.3 Å². The molecule has 0 spiro atoms. The highest BCUT2D eigenvalue weighted by molar-refractivity contribution is 7.15. The number of anilines is 1. The van der Waals surface area contributed by atoms with E-state index in [4.69, 9.17) is 10.5 Å². The zero-order valence-corrected chi connectivity index (χ0v) is 11.5. The van der Waals surface area contributed by atoms with E-state index in [0.717, 1.165) is 31.0 Å². The molecule has 1 aliphatic rings. The first-order valence-electron chi connectivity index (χ1n) is 6.39. The first kappa shape index (κ1) is 14.2. The van der Waals surface area contributed by atoms with Crippen molar-refractivity contribution >= 4 is 22.4 Å². The summed E-state index contributed by atoms with van der Waals surface area (Å²) in [5.41, 5.74) is 5.49. The minimum Gasteiger partial charge on any atom is -0.378 e. The van der Waals surface area contributed by atoms with Crippen molar-refractivity contribution < 1.29 is 9.53 Å². The molecule has 1 unspecified atom stereocenters. The summed E-state index contributed by atoms with van der Waals surface area (Å²) in [5.74, 6) is 0.0553. The van der Waals surface area contributed by atoms with Crippen LogP contribution in [-0.2, 0) is 16.0 Å². The Morgan fingerprint density at radius 2 is 2.47 bits per heavy atom. The molecule has 1 aromatic rings. The highest BCUT2D eigenvalue weighted by atomic mass is 32.1. The summed E-state index contributed by atoms with van der Waals surface area (Å²) in [6, 6.07) is 0.136. The Kier molecular flexibility index (Phi) is 5.49. The predicted octanol–water partition coefficient (Wildman–Crippen LogP) is -0.452. The molecule has 1 fully saturated rings. The lowest BCUT2D eigenvalue weighted by Gasteiger charge is -2.23. The summed E-state index contributed by atoms with van der Waals surface area (Å²) < 4.78 is 5.30. The third kappa shape index (κ3) is 5.09. The smallest absolute Gasteiger partial charge is 0.221 e. The number of hydrogen-bond donors (Lipinski definition) is 3. The fourth-order valence-corrected chi connectivity index (χ4v) is 2.53. The standard InChI is InChI=1S/C11H19N5O2S/c12-11-16-15-10(19-11)2-1-3-14-9(17)6-8-7-18-5-4-13-8/h8,13H,1-7H2,(H2,12,16)(H,14,17). The van der Waals surface area contributed by atoms with Crippen molar-refractivity contribution in [2.24, 2.45) is 0 Å². The number of nitrogens with zero attached hydrogens (tertiary/aromatic N) is 2. The molecule has 1 saturated heterocycles. The Labute approximate surface area is 115 Å². The molecule has 1 aliphatic heterocycles. The van der Waals surface area contributed by atoms with Crippen LogP contribution in [0, 0.1) is 0 Å². The molecule has 8 heteroatoms. The van der Waals surface area contributed by atoms with Gasteiger partial charge in [-0.1, -0.05) is 11.3 Å². The lowest BCUT2D eigenvalue weighted by Crippen LogP contribution is -2.44. The van der Waals surface area contributed by atoms with Gasteiger partial charge in [0, 0.05) is 32.0 Å². The summed E-state index contributed by atoms with van der Waals surface area (Å²) in [7, 11) is 0. The number of carbonyl (C=O) groups excluding carboxylic acids is 1. The fraction of sp³-hybridized carbons (Fsp3) is 0.727. The second kappa shape index (κ2) is 7.37. The van der Waals surface area contributed by atoms with Gasteiger partial charge in [0.2, 0.25) is 11.0 Å². The molecule has 0 aromatic carbocycles. The van der Waals surface area contributed by atoms with Crippen LogP contribution in [0.15, 0.2) is 0 Å². The van der Waals surface area contributed by atoms with Crippen molar-refractivity contribution in [3.63, 3.8) is 0 Å². The summed E-state index contributed by atoms with van der Waals surface area (Å²) in [5, 5.41) is 15.2. The summed E-state index contributed by atoms with van der Waals surface area (Å²) in [4.78, 5) is 11.7. The van der Waals surface area contributed by atoms with Crippen molar-refractivity contribution in [2.75, 3.05) is 32.0 Å². The SMILES string of the molecule is Nc1nnc(CCCNC(=O)CC2COCCN2)s1. The molecule has 2 heterocycles. The largest absolute Gasteiger partial charge is 0.378 e. The van der Waals surface area contributed by atoms with E-state index in [2.05, 4.69) is 20.8 Å². The second-order valence-corrected chi connectivity index (χ2v) is 5.51. The van der Waals surface area contributed by atoms with Crippen LogP contribution in [0.1, 0.15) is 17.8 Å². The number of nitrogens with one attached hydrogen (secondary N) is 2. The van der Waals surface area contributed by atoms with Crippen molar-refractivity contribution in [3.8, 4) is 0 Å².